The number of aromatic nitrogens is 1. The minimum atomic E-state index is -1.50. The van der Waals surface area contributed by atoms with Crippen molar-refractivity contribution in [2.45, 2.75) is 31.6 Å². The monoisotopic (exact) mass is 281 g/mol. The Bertz CT molecular complexity index is 666. The molecule has 0 radical (unpaired) electrons. The van der Waals surface area contributed by atoms with Crippen LogP contribution in [0.1, 0.15) is 37.3 Å². The number of benzene rings is 1. The summed E-state index contributed by atoms with van der Waals surface area (Å²) >= 11 is 0. The minimum absolute atomic E-state index is 0.144. The summed E-state index contributed by atoms with van der Waals surface area (Å²) in [4.78, 5) is 4.19. The van der Waals surface area contributed by atoms with Crippen LogP contribution in [0.4, 0.5) is 18.9 Å². The molecule has 3 nitrogen and oxygen atoms in total. The van der Waals surface area contributed by atoms with Crippen molar-refractivity contribution in [2.75, 3.05) is 5.43 Å². The fraction of sp³-hybridized carbons (Fsp3) is 0.357. The molecule has 2 aromatic rings. The van der Waals surface area contributed by atoms with Crippen molar-refractivity contribution >= 4 is 16.6 Å². The predicted molar refractivity (Wildman–Crippen MR) is 70.6 cm³/mol. The number of halogens is 3. The number of fused-ring (bicyclic) bond motifs is 1. The molecule has 1 aliphatic carbocycles. The van der Waals surface area contributed by atoms with Gasteiger partial charge in [0.05, 0.1) is 5.69 Å². The van der Waals surface area contributed by atoms with Gasteiger partial charge in [-0.1, -0.05) is 12.8 Å². The minimum Gasteiger partial charge on any atom is -0.323 e. The van der Waals surface area contributed by atoms with Crippen LogP contribution in [-0.2, 0) is 0 Å². The van der Waals surface area contributed by atoms with E-state index in [-0.39, 0.29) is 16.8 Å². The van der Waals surface area contributed by atoms with E-state index in [1.807, 2.05) is 0 Å². The second-order valence-electron chi connectivity index (χ2n) is 5.10. The first-order chi connectivity index (χ1) is 9.61. The van der Waals surface area contributed by atoms with E-state index in [0.717, 1.165) is 31.7 Å². The van der Waals surface area contributed by atoms with Gasteiger partial charge in [-0.25, -0.2) is 18.2 Å². The van der Waals surface area contributed by atoms with Crippen molar-refractivity contribution < 1.29 is 13.2 Å². The molecule has 1 saturated carbocycles. The van der Waals surface area contributed by atoms with Crippen molar-refractivity contribution in [3.8, 4) is 0 Å². The molecule has 6 heteroatoms. The largest absolute Gasteiger partial charge is 0.323 e. The zero-order valence-corrected chi connectivity index (χ0v) is 10.7. The van der Waals surface area contributed by atoms with Crippen molar-refractivity contribution in [3.63, 3.8) is 0 Å². The Morgan fingerprint density at radius 3 is 2.45 bits per heavy atom. The van der Waals surface area contributed by atoms with Crippen LogP contribution in [0.5, 0.6) is 0 Å². The van der Waals surface area contributed by atoms with E-state index >= 15 is 0 Å². The molecular weight excluding hydrogens is 267 g/mol. The lowest BCUT2D eigenvalue weighted by Crippen LogP contribution is -2.10. The molecule has 3 rings (SSSR count). The molecule has 0 bridgehead atoms. The standard InChI is InChI=1S/C14H14F3N3/c15-9-5-8-11(20-18)6-10(7-3-1-2-4-7)19-14(8)13(17)12(9)16/h5-7H,1-4,18H2,(H,19,20). The molecule has 3 N–H and O–H groups in total. The number of hydrogen-bond donors (Lipinski definition) is 2. The first-order valence-corrected chi connectivity index (χ1v) is 6.56. The predicted octanol–water partition coefficient (Wildman–Crippen LogP) is 3.60. The van der Waals surface area contributed by atoms with Crippen molar-refractivity contribution in [2.24, 2.45) is 5.84 Å². The van der Waals surface area contributed by atoms with Crippen molar-refractivity contribution in [3.05, 3.63) is 35.3 Å². The summed E-state index contributed by atoms with van der Waals surface area (Å²) in [5.74, 6) is 1.61. The maximum absolute atomic E-state index is 13.9. The Morgan fingerprint density at radius 2 is 1.80 bits per heavy atom. The molecule has 0 atom stereocenters. The van der Waals surface area contributed by atoms with Gasteiger partial charge < -0.3 is 5.43 Å². The Hall–Kier alpha value is -1.82. The van der Waals surface area contributed by atoms with Gasteiger partial charge in [-0.3, -0.25) is 5.84 Å². The van der Waals surface area contributed by atoms with Gasteiger partial charge in [0.15, 0.2) is 17.5 Å². The third kappa shape index (κ3) is 2.00. The number of hydrogen-bond acceptors (Lipinski definition) is 3. The lowest BCUT2D eigenvalue weighted by atomic mass is 10.0. The highest BCUT2D eigenvalue weighted by atomic mass is 19.2. The number of nitrogen functional groups attached to an aromatic ring is 1. The van der Waals surface area contributed by atoms with Crippen LogP contribution >= 0.6 is 0 Å². The number of nitrogens with one attached hydrogen (secondary N) is 1. The molecule has 1 aliphatic rings. The van der Waals surface area contributed by atoms with E-state index in [2.05, 4.69) is 10.4 Å². The highest BCUT2D eigenvalue weighted by Crippen LogP contribution is 2.36. The van der Waals surface area contributed by atoms with Gasteiger partial charge in [0.2, 0.25) is 0 Å². The van der Waals surface area contributed by atoms with E-state index in [1.54, 1.807) is 6.07 Å². The number of nitrogens with zero attached hydrogens (tertiary/aromatic N) is 1. The highest BCUT2D eigenvalue weighted by Gasteiger charge is 2.23. The Morgan fingerprint density at radius 1 is 1.10 bits per heavy atom. The smallest absolute Gasteiger partial charge is 0.196 e. The van der Waals surface area contributed by atoms with Gasteiger partial charge in [-0.05, 0) is 25.0 Å². The van der Waals surface area contributed by atoms with Gasteiger partial charge in [0.1, 0.15) is 5.52 Å². The van der Waals surface area contributed by atoms with E-state index in [1.165, 1.54) is 0 Å². The molecule has 0 aliphatic heterocycles. The number of anilines is 1. The van der Waals surface area contributed by atoms with Crippen LogP contribution in [0.25, 0.3) is 10.9 Å². The highest BCUT2D eigenvalue weighted by molar-refractivity contribution is 5.91. The summed E-state index contributed by atoms with van der Waals surface area (Å²) in [6, 6.07) is 2.60. The molecule has 0 saturated heterocycles. The van der Waals surface area contributed by atoms with E-state index in [4.69, 9.17) is 5.84 Å². The molecule has 1 heterocycles. The summed E-state index contributed by atoms with van der Waals surface area (Å²) in [6.45, 7) is 0. The fourth-order valence-corrected chi connectivity index (χ4v) is 2.84. The first-order valence-electron chi connectivity index (χ1n) is 6.56. The van der Waals surface area contributed by atoms with Gasteiger partial charge in [-0.15, -0.1) is 0 Å². The first kappa shape index (κ1) is 13.2. The van der Waals surface area contributed by atoms with E-state index < -0.39 is 17.5 Å². The fourth-order valence-electron chi connectivity index (χ4n) is 2.84. The van der Waals surface area contributed by atoms with Gasteiger partial charge in [-0.2, -0.15) is 0 Å². The third-order valence-electron chi connectivity index (χ3n) is 3.89. The summed E-state index contributed by atoms with van der Waals surface area (Å²) in [6.07, 6.45) is 4.12. The van der Waals surface area contributed by atoms with Gasteiger partial charge >= 0.3 is 0 Å². The summed E-state index contributed by atoms with van der Waals surface area (Å²) in [7, 11) is 0. The molecule has 0 unspecified atom stereocenters. The number of nitrogens with two attached hydrogens (primary N) is 1. The van der Waals surface area contributed by atoms with Crippen molar-refractivity contribution in [1.29, 1.82) is 0 Å². The molecular formula is C14H14F3N3. The molecule has 106 valence electrons. The summed E-state index contributed by atoms with van der Waals surface area (Å²) < 4.78 is 40.6. The zero-order chi connectivity index (χ0) is 14.3. The Balaban J connectivity index is 2.26. The van der Waals surface area contributed by atoms with E-state index in [0.29, 0.717) is 11.4 Å². The van der Waals surface area contributed by atoms with E-state index in [9.17, 15) is 13.2 Å². The maximum atomic E-state index is 13.9. The Labute approximate surface area is 114 Å². The average Bonchev–Trinajstić information content (AvgIpc) is 2.98. The lowest BCUT2D eigenvalue weighted by molar-refractivity contribution is 0.452. The van der Waals surface area contributed by atoms with Gasteiger partial charge in [0, 0.05) is 17.0 Å². The SMILES string of the molecule is NNc1cc(C2CCCC2)nc2c(F)c(F)c(F)cc12. The summed E-state index contributed by atoms with van der Waals surface area (Å²) in [5.41, 5.74) is 3.26. The normalized spacial score (nSPS) is 16.0. The van der Waals surface area contributed by atoms with Crippen LogP contribution in [0.3, 0.4) is 0 Å². The third-order valence-corrected chi connectivity index (χ3v) is 3.89. The van der Waals surface area contributed by atoms with Crippen LogP contribution in [0.15, 0.2) is 12.1 Å². The summed E-state index contributed by atoms with van der Waals surface area (Å²) in [5, 5.41) is 0.144. The molecule has 1 fully saturated rings. The van der Waals surface area contributed by atoms with Crippen LogP contribution < -0.4 is 11.3 Å². The maximum Gasteiger partial charge on any atom is 0.196 e. The van der Waals surface area contributed by atoms with Gasteiger partial charge in [0.25, 0.3) is 0 Å². The van der Waals surface area contributed by atoms with Crippen LogP contribution in [0, 0.1) is 17.5 Å². The van der Waals surface area contributed by atoms with Crippen LogP contribution in [-0.4, -0.2) is 4.98 Å². The average molecular weight is 281 g/mol. The number of hydrazine groups is 1. The molecule has 0 amide bonds. The topological polar surface area (TPSA) is 50.9 Å². The second kappa shape index (κ2) is 4.94. The zero-order valence-electron chi connectivity index (χ0n) is 10.7. The molecule has 1 aromatic carbocycles. The number of pyridine rings is 1. The Kier molecular flexibility index (Phi) is 3.25. The molecule has 20 heavy (non-hydrogen) atoms. The second-order valence-corrected chi connectivity index (χ2v) is 5.10. The number of rotatable bonds is 2. The van der Waals surface area contributed by atoms with Crippen LogP contribution in [0.2, 0.25) is 0 Å². The lowest BCUT2D eigenvalue weighted by Gasteiger charge is -2.14. The quantitative estimate of drug-likeness (QED) is 0.502. The molecule has 0 spiro atoms. The molecule has 1 aromatic heterocycles. The van der Waals surface area contributed by atoms with Crippen molar-refractivity contribution in [1.82, 2.24) is 4.98 Å².